The standard InChI is InChI=1S/C48H36Si/c1-49(2,47-39-21-9-5-15-35(39)29-43(47)41-23-11-17-33-27-25-31-13-3-7-19-37(31)45(33)41)48-40-22-10-6-16-36(40)30-44(48)42-24-12-18-34-28-26-32-14-4-8-20-38(32)46(34)42/h3-28H,29-30H2,1-2H3. The SMILES string of the molecule is C[Si](C)(C1=C(c2cccc3ccc4ccccc4c23)Cc2ccccc21)C1=C(c2cccc3ccc4ccccc4c23)Cc2ccccc21. The number of allylic oxidation sites excluding steroid dienone is 2. The van der Waals surface area contributed by atoms with Gasteiger partial charge in [0.25, 0.3) is 0 Å². The van der Waals surface area contributed by atoms with Gasteiger partial charge in [-0.25, -0.2) is 0 Å². The van der Waals surface area contributed by atoms with E-state index < -0.39 is 8.07 Å². The Hall–Kier alpha value is -5.50. The molecule has 0 aromatic heterocycles. The highest BCUT2D eigenvalue weighted by Crippen LogP contribution is 2.54. The van der Waals surface area contributed by atoms with Gasteiger partial charge in [0.2, 0.25) is 0 Å². The van der Waals surface area contributed by atoms with Crippen LogP contribution in [0.3, 0.4) is 0 Å². The van der Waals surface area contributed by atoms with Crippen molar-refractivity contribution >= 4 is 72.7 Å². The Morgan fingerprint density at radius 2 is 0.714 bits per heavy atom. The topological polar surface area (TPSA) is 0 Å². The molecule has 0 aliphatic heterocycles. The van der Waals surface area contributed by atoms with Gasteiger partial charge >= 0.3 is 0 Å². The third-order valence-corrected chi connectivity index (χ3v) is 15.0. The van der Waals surface area contributed by atoms with Crippen molar-refractivity contribution in [1.29, 1.82) is 0 Å². The second-order valence-corrected chi connectivity index (χ2v) is 18.6. The second-order valence-electron chi connectivity index (χ2n) is 14.4. The molecule has 0 bridgehead atoms. The molecular weight excluding hydrogens is 605 g/mol. The minimum absolute atomic E-state index is 0.966. The summed E-state index contributed by atoms with van der Waals surface area (Å²) in [5.74, 6) is 0. The fraction of sp³-hybridized carbons (Fsp3) is 0.0833. The zero-order valence-corrected chi connectivity index (χ0v) is 28.9. The van der Waals surface area contributed by atoms with Gasteiger partial charge in [0.05, 0.1) is 0 Å². The zero-order chi connectivity index (χ0) is 32.7. The quantitative estimate of drug-likeness (QED) is 0.133. The van der Waals surface area contributed by atoms with Crippen molar-refractivity contribution in [3.05, 3.63) is 191 Å². The van der Waals surface area contributed by atoms with Gasteiger partial charge in [0.1, 0.15) is 8.07 Å². The van der Waals surface area contributed by atoms with E-state index in [0.29, 0.717) is 0 Å². The van der Waals surface area contributed by atoms with E-state index in [2.05, 4.69) is 171 Å². The van der Waals surface area contributed by atoms with Gasteiger partial charge < -0.3 is 0 Å². The van der Waals surface area contributed by atoms with Crippen LogP contribution in [-0.2, 0) is 12.8 Å². The van der Waals surface area contributed by atoms with Crippen molar-refractivity contribution in [3.8, 4) is 0 Å². The van der Waals surface area contributed by atoms with Crippen LogP contribution in [0.25, 0.3) is 64.6 Å². The molecule has 0 unspecified atom stereocenters. The Kier molecular flexibility index (Phi) is 6.25. The van der Waals surface area contributed by atoms with Gasteiger partial charge in [0.15, 0.2) is 0 Å². The first-order valence-corrected chi connectivity index (χ1v) is 20.5. The lowest BCUT2D eigenvalue weighted by Gasteiger charge is -2.31. The lowest BCUT2D eigenvalue weighted by atomic mass is 9.93. The third-order valence-electron chi connectivity index (χ3n) is 11.4. The average molecular weight is 641 g/mol. The maximum Gasteiger partial charge on any atom is 0.114 e. The summed E-state index contributed by atoms with van der Waals surface area (Å²) in [6, 6.07) is 59.4. The molecule has 8 aromatic rings. The number of benzene rings is 8. The largest absolute Gasteiger partial charge is 0.114 e. The van der Waals surface area contributed by atoms with Crippen molar-refractivity contribution in [3.63, 3.8) is 0 Å². The molecule has 0 N–H and O–H groups in total. The summed E-state index contributed by atoms with van der Waals surface area (Å²) >= 11 is 0. The van der Waals surface area contributed by atoms with Crippen LogP contribution in [0.5, 0.6) is 0 Å². The van der Waals surface area contributed by atoms with E-state index in [1.54, 1.807) is 10.4 Å². The van der Waals surface area contributed by atoms with E-state index in [-0.39, 0.29) is 0 Å². The molecule has 232 valence electrons. The van der Waals surface area contributed by atoms with Crippen LogP contribution < -0.4 is 0 Å². The van der Waals surface area contributed by atoms with Crippen molar-refractivity contribution < 1.29 is 0 Å². The Balaban J connectivity index is 1.31. The number of fused-ring (bicyclic) bond motifs is 8. The minimum atomic E-state index is -2.38. The Labute approximate surface area is 288 Å². The molecule has 0 nitrogen and oxygen atoms in total. The molecule has 0 heterocycles. The number of rotatable bonds is 4. The van der Waals surface area contributed by atoms with Crippen LogP contribution in [0.4, 0.5) is 0 Å². The van der Waals surface area contributed by atoms with Crippen molar-refractivity contribution in [2.45, 2.75) is 25.9 Å². The fourth-order valence-electron chi connectivity index (χ4n) is 9.35. The summed E-state index contributed by atoms with van der Waals surface area (Å²) in [5, 5.41) is 13.9. The highest BCUT2D eigenvalue weighted by molar-refractivity contribution is 7.10. The lowest BCUT2D eigenvalue weighted by Crippen LogP contribution is -2.31. The van der Waals surface area contributed by atoms with Gasteiger partial charge in [-0.2, -0.15) is 0 Å². The minimum Gasteiger partial charge on any atom is -0.0619 e. The number of hydrogen-bond acceptors (Lipinski definition) is 0. The molecule has 49 heavy (non-hydrogen) atoms. The molecule has 10 rings (SSSR count). The first-order chi connectivity index (χ1) is 24.1. The Bertz CT molecular complexity index is 2550. The molecule has 0 saturated carbocycles. The summed E-state index contributed by atoms with van der Waals surface area (Å²) in [4.78, 5) is 0. The van der Waals surface area contributed by atoms with E-state index >= 15 is 0 Å². The molecule has 0 spiro atoms. The predicted molar refractivity (Wildman–Crippen MR) is 214 cm³/mol. The summed E-state index contributed by atoms with van der Waals surface area (Å²) in [6.07, 6.45) is 1.93. The highest BCUT2D eigenvalue weighted by atomic mass is 28.3. The van der Waals surface area contributed by atoms with Crippen LogP contribution >= 0.6 is 0 Å². The summed E-state index contributed by atoms with van der Waals surface area (Å²) in [7, 11) is -2.38. The fourth-order valence-corrected chi connectivity index (χ4v) is 13.4. The first-order valence-electron chi connectivity index (χ1n) is 17.5. The second kappa shape index (κ2) is 10.8. The van der Waals surface area contributed by atoms with Crippen LogP contribution in [0.2, 0.25) is 13.1 Å². The van der Waals surface area contributed by atoms with Crippen molar-refractivity contribution in [1.82, 2.24) is 0 Å². The van der Waals surface area contributed by atoms with E-state index in [1.807, 2.05) is 0 Å². The molecule has 0 atom stereocenters. The number of hydrogen-bond donors (Lipinski definition) is 0. The molecule has 1 heteroatoms. The Morgan fingerprint density at radius 3 is 1.20 bits per heavy atom. The molecule has 0 fully saturated rings. The summed E-state index contributed by atoms with van der Waals surface area (Å²) < 4.78 is 0. The van der Waals surface area contributed by atoms with E-state index in [4.69, 9.17) is 0 Å². The highest BCUT2D eigenvalue weighted by Gasteiger charge is 2.43. The normalized spacial score (nSPS) is 14.4. The van der Waals surface area contributed by atoms with Gasteiger partial charge in [-0.05, 0) is 111 Å². The molecule has 2 aliphatic rings. The van der Waals surface area contributed by atoms with E-state index in [0.717, 1.165) is 12.8 Å². The molecule has 0 radical (unpaired) electrons. The molecule has 2 aliphatic carbocycles. The third kappa shape index (κ3) is 4.22. The zero-order valence-electron chi connectivity index (χ0n) is 27.9. The lowest BCUT2D eigenvalue weighted by molar-refractivity contribution is 1.32. The van der Waals surface area contributed by atoms with Crippen LogP contribution in [-0.4, -0.2) is 8.07 Å². The molecule has 0 amide bonds. The molecule has 0 saturated heterocycles. The average Bonchev–Trinajstić information content (AvgIpc) is 3.74. The van der Waals surface area contributed by atoms with Crippen LogP contribution in [0.15, 0.2) is 158 Å². The van der Waals surface area contributed by atoms with Gasteiger partial charge in [0, 0.05) is 0 Å². The van der Waals surface area contributed by atoms with Gasteiger partial charge in [-0.1, -0.05) is 171 Å². The summed E-state index contributed by atoms with van der Waals surface area (Å²) in [6.45, 7) is 5.27. The predicted octanol–water partition coefficient (Wildman–Crippen LogP) is 12.7. The summed E-state index contributed by atoms with van der Waals surface area (Å²) in [5.41, 5.74) is 11.6. The monoisotopic (exact) mass is 640 g/mol. The maximum absolute atomic E-state index is 2.63. The molecule has 8 aromatic carbocycles. The van der Waals surface area contributed by atoms with E-state index in [9.17, 15) is 0 Å². The van der Waals surface area contributed by atoms with Crippen molar-refractivity contribution in [2.75, 3.05) is 0 Å². The van der Waals surface area contributed by atoms with Gasteiger partial charge in [-0.3, -0.25) is 0 Å². The molecular formula is C48H36Si. The van der Waals surface area contributed by atoms with Gasteiger partial charge in [-0.15, -0.1) is 0 Å². The van der Waals surface area contributed by atoms with Crippen LogP contribution in [0, 0.1) is 0 Å². The Morgan fingerprint density at radius 1 is 0.347 bits per heavy atom. The maximum atomic E-state index is 2.63. The smallest absolute Gasteiger partial charge is 0.0619 e. The van der Waals surface area contributed by atoms with E-state index in [1.165, 1.54) is 87.6 Å². The first kappa shape index (κ1) is 28.5. The van der Waals surface area contributed by atoms with Crippen molar-refractivity contribution in [2.24, 2.45) is 0 Å². The van der Waals surface area contributed by atoms with Crippen LogP contribution in [0.1, 0.15) is 33.4 Å².